The fourth-order valence-electron chi connectivity index (χ4n) is 1.79. The van der Waals surface area contributed by atoms with Crippen LogP contribution in [0.3, 0.4) is 0 Å². The highest BCUT2D eigenvalue weighted by Crippen LogP contribution is 2.29. The highest BCUT2D eigenvalue weighted by molar-refractivity contribution is 6.30. The van der Waals surface area contributed by atoms with Gasteiger partial charge in [0.2, 0.25) is 0 Å². The predicted octanol–water partition coefficient (Wildman–Crippen LogP) is 4.01. The second-order valence-corrected chi connectivity index (χ2v) is 4.65. The predicted molar refractivity (Wildman–Crippen MR) is 78.4 cm³/mol. The third-order valence-corrected chi connectivity index (χ3v) is 3.15. The van der Waals surface area contributed by atoms with E-state index in [4.69, 9.17) is 16.3 Å². The lowest BCUT2D eigenvalue weighted by molar-refractivity contribution is -0.384. The van der Waals surface area contributed by atoms with Gasteiger partial charge in [-0.1, -0.05) is 17.7 Å². The van der Waals surface area contributed by atoms with Crippen molar-refractivity contribution < 1.29 is 14.1 Å². The first-order valence-electron chi connectivity index (χ1n) is 6.01. The molecule has 0 unspecified atom stereocenters. The topological polar surface area (TPSA) is 64.4 Å². The molecule has 1 N–H and O–H groups in total. The van der Waals surface area contributed by atoms with Gasteiger partial charge in [-0.2, -0.15) is 0 Å². The van der Waals surface area contributed by atoms with Crippen LogP contribution in [0.25, 0.3) is 0 Å². The molecular formula is C14H12ClFN2O3. The van der Waals surface area contributed by atoms with Crippen LogP contribution in [-0.4, -0.2) is 12.0 Å². The van der Waals surface area contributed by atoms with E-state index in [1.165, 1.54) is 31.4 Å². The molecule has 5 nitrogen and oxygen atoms in total. The lowest BCUT2D eigenvalue weighted by Gasteiger charge is -2.11. The molecule has 0 heterocycles. The number of non-ortho nitro benzene ring substituents is 1. The molecule has 0 aliphatic carbocycles. The molecule has 0 atom stereocenters. The maximum absolute atomic E-state index is 13.1. The van der Waals surface area contributed by atoms with Crippen LogP contribution in [0.15, 0.2) is 36.4 Å². The summed E-state index contributed by atoms with van der Waals surface area (Å²) in [6.07, 6.45) is 0. The number of nitrogens with zero attached hydrogens (tertiary/aromatic N) is 1. The Balaban J connectivity index is 2.15. The molecule has 0 aliphatic heterocycles. The summed E-state index contributed by atoms with van der Waals surface area (Å²) in [6, 6.07) is 8.67. The quantitative estimate of drug-likeness (QED) is 0.669. The van der Waals surface area contributed by atoms with Crippen molar-refractivity contribution in [3.8, 4) is 5.75 Å². The molecule has 0 fully saturated rings. The Kier molecular flexibility index (Phi) is 4.59. The van der Waals surface area contributed by atoms with E-state index in [1.807, 2.05) is 0 Å². The highest BCUT2D eigenvalue weighted by Gasteiger charge is 2.11. The number of nitro benzene ring substituents is 1. The second-order valence-electron chi connectivity index (χ2n) is 4.24. The molecule has 0 radical (unpaired) electrons. The number of rotatable bonds is 5. The summed E-state index contributed by atoms with van der Waals surface area (Å²) < 4.78 is 18.2. The van der Waals surface area contributed by atoms with Gasteiger partial charge in [-0.15, -0.1) is 0 Å². The van der Waals surface area contributed by atoms with Crippen molar-refractivity contribution in [3.05, 3.63) is 62.9 Å². The molecule has 0 spiro atoms. The van der Waals surface area contributed by atoms with E-state index in [-0.39, 0.29) is 10.7 Å². The van der Waals surface area contributed by atoms with Gasteiger partial charge >= 0.3 is 0 Å². The number of anilines is 1. The number of hydrogen-bond acceptors (Lipinski definition) is 4. The lowest BCUT2D eigenvalue weighted by Crippen LogP contribution is -2.02. The van der Waals surface area contributed by atoms with Crippen molar-refractivity contribution in [2.75, 3.05) is 12.4 Å². The van der Waals surface area contributed by atoms with Gasteiger partial charge < -0.3 is 10.1 Å². The molecule has 110 valence electrons. The maximum atomic E-state index is 13.1. The van der Waals surface area contributed by atoms with Crippen molar-refractivity contribution >= 4 is 23.0 Å². The van der Waals surface area contributed by atoms with E-state index in [9.17, 15) is 14.5 Å². The average Bonchev–Trinajstić information content (AvgIpc) is 2.48. The summed E-state index contributed by atoms with van der Waals surface area (Å²) >= 11 is 5.71. The zero-order chi connectivity index (χ0) is 15.4. The van der Waals surface area contributed by atoms with E-state index < -0.39 is 10.7 Å². The van der Waals surface area contributed by atoms with Gasteiger partial charge in [0.15, 0.2) is 0 Å². The van der Waals surface area contributed by atoms with Gasteiger partial charge in [-0.05, 0) is 23.8 Å². The minimum absolute atomic E-state index is 0.0463. The molecule has 7 heteroatoms. The fraction of sp³-hybridized carbons (Fsp3) is 0.143. The van der Waals surface area contributed by atoms with Crippen LogP contribution >= 0.6 is 11.6 Å². The number of halogens is 2. The minimum atomic E-state index is -0.494. The molecule has 2 aromatic rings. The monoisotopic (exact) mass is 310 g/mol. The van der Waals surface area contributed by atoms with Crippen LogP contribution in [0.2, 0.25) is 5.02 Å². The fourth-order valence-corrected chi connectivity index (χ4v) is 1.99. The number of nitro groups is 1. The lowest BCUT2D eigenvalue weighted by atomic mass is 10.2. The number of methoxy groups -OCH3 is 1. The SMILES string of the molecule is COc1cc([N+](=O)[O-])ccc1NCc1ccc(F)c(Cl)c1. The van der Waals surface area contributed by atoms with E-state index in [2.05, 4.69) is 5.32 Å². The molecule has 0 aliphatic rings. The Labute approximate surface area is 125 Å². The van der Waals surface area contributed by atoms with E-state index >= 15 is 0 Å². The van der Waals surface area contributed by atoms with Crippen molar-refractivity contribution in [2.45, 2.75) is 6.54 Å². The van der Waals surface area contributed by atoms with E-state index in [1.54, 1.807) is 12.1 Å². The highest BCUT2D eigenvalue weighted by atomic mass is 35.5. The van der Waals surface area contributed by atoms with Crippen molar-refractivity contribution in [2.24, 2.45) is 0 Å². The maximum Gasteiger partial charge on any atom is 0.273 e. The summed E-state index contributed by atoms with van der Waals surface area (Å²) in [6.45, 7) is 0.383. The smallest absolute Gasteiger partial charge is 0.273 e. The van der Waals surface area contributed by atoms with Crippen molar-refractivity contribution in [3.63, 3.8) is 0 Å². The first kappa shape index (κ1) is 15.1. The van der Waals surface area contributed by atoms with Crippen LogP contribution in [0.4, 0.5) is 15.8 Å². The third kappa shape index (κ3) is 3.61. The Morgan fingerprint density at radius 3 is 2.71 bits per heavy atom. The van der Waals surface area contributed by atoms with Gasteiger partial charge in [0.05, 0.1) is 28.8 Å². The van der Waals surface area contributed by atoms with Gasteiger partial charge in [0.1, 0.15) is 11.6 Å². The van der Waals surface area contributed by atoms with Gasteiger partial charge in [0.25, 0.3) is 5.69 Å². The van der Waals surface area contributed by atoms with Crippen LogP contribution in [0, 0.1) is 15.9 Å². The van der Waals surface area contributed by atoms with Crippen molar-refractivity contribution in [1.29, 1.82) is 0 Å². The molecule has 0 saturated heterocycles. The summed E-state index contributed by atoms with van der Waals surface area (Å²) in [4.78, 5) is 10.2. The molecule has 0 saturated carbocycles. The third-order valence-electron chi connectivity index (χ3n) is 2.86. The Bertz CT molecular complexity index is 679. The second kappa shape index (κ2) is 6.41. The van der Waals surface area contributed by atoms with E-state index in [0.717, 1.165) is 5.56 Å². The summed E-state index contributed by atoms with van der Waals surface area (Å²) in [5.74, 6) is -0.120. The number of ether oxygens (including phenoxy) is 1. The Hall–Kier alpha value is -2.34. The molecule has 2 rings (SSSR count). The number of nitrogens with one attached hydrogen (secondary N) is 1. The van der Waals surface area contributed by atoms with Crippen LogP contribution < -0.4 is 10.1 Å². The Morgan fingerprint density at radius 2 is 2.10 bits per heavy atom. The molecule has 21 heavy (non-hydrogen) atoms. The molecule has 0 bridgehead atoms. The first-order valence-corrected chi connectivity index (χ1v) is 6.39. The summed E-state index contributed by atoms with van der Waals surface area (Å²) in [7, 11) is 1.43. The Morgan fingerprint density at radius 1 is 1.33 bits per heavy atom. The summed E-state index contributed by atoms with van der Waals surface area (Å²) in [5, 5.41) is 13.8. The van der Waals surface area contributed by atoms with Crippen LogP contribution in [0.1, 0.15) is 5.56 Å². The molecular weight excluding hydrogens is 299 g/mol. The van der Waals surface area contributed by atoms with Crippen LogP contribution in [0.5, 0.6) is 5.75 Å². The molecule has 2 aromatic carbocycles. The zero-order valence-electron chi connectivity index (χ0n) is 11.1. The minimum Gasteiger partial charge on any atom is -0.494 e. The van der Waals surface area contributed by atoms with Gasteiger partial charge in [-0.25, -0.2) is 4.39 Å². The number of hydrogen-bond donors (Lipinski definition) is 1. The zero-order valence-corrected chi connectivity index (χ0v) is 11.9. The standard InChI is InChI=1S/C14H12ClFN2O3/c1-21-14-7-10(18(19)20)3-5-13(14)17-8-9-2-4-12(16)11(15)6-9/h2-7,17H,8H2,1H3. The molecule has 0 amide bonds. The van der Waals surface area contributed by atoms with Crippen LogP contribution in [-0.2, 0) is 6.54 Å². The van der Waals surface area contributed by atoms with Gasteiger partial charge in [0, 0.05) is 12.6 Å². The largest absolute Gasteiger partial charge is 0.494 e. The molecule has 0 aromatic heterocycles. The number of benzene rings is 2. The first-order chi connectivity index (χ1) is 10.0. The van der Waals surface area contributed by atoms with Gasteiger partial charge in [-0.3, -0.25) is 10.1 Å². The normalized spacial score (nSPS) is 10.2. The summed E-state index contributed by atoms with van der Waals surface area (Å²) in [5.41, 5.74) is 1.33. The van der Waals surface area contributed by atoms with Crippen molar-refractivity contribution in [1.82, 2.24) is 0 Å². The average molecular weight is 311 g/mol. The van der Waals surface area contributed by atoms with E-state index in [0.29, 0.717) is 18.0 Å².